The first-order valence-corrected chi connectivity index (χ1v) is 33.7. The number of benzene rings is 8. The maximum absolute atomic E-state index is 11.1. The van der Waals surface area contributed by atoms with Crippen LogP contribution in [0.5, 0.6) is 0 Å². The SMILES string of the molecule is O=C([O-])c1cccc(-c2ccc3ccc(-c4cccc(C(=O)[O-])c4)nc3n2)c1.O=C([O-])c1cccc(-c2ccc3ccc(-c4cccc(C(=O)[O-])c4)nc3n2)c1.O=C([O-])c1cccc(-c2ccc3ccc(-c4cccc(C(=O)[O-])c4)nc3n2)c1.O=C([O-])c1cccc(-c2ccc3ccc(-c4cccc(C(=O)[O-])c4)nc3n2)c1.[Mo+2].[Mo+2].[Mo+2].[Mo+2]. The maximum Gasteiger partial charge on any atom is 2.00 e. The molecule has 8 heterocycles. The number of aromatic carboxylic acids is 8. The third kappa shape index (κ3) is 20.8. The first-order chi connectivity index (χ1) is 54.0. The van der Waals surface area contributed by atoms with E-state index in [0.717, 1.165) is 21.5 Å². The molecule has 0 spiro atoms. The van der Waals surface area contributed by atoms with Gasteiger partial charge in [-0.2, -0.15) is 0 Å². The Bertz CT molecular complexity index is 5370. The number of hydrogen-bond donors (Lipinski definition) is 0. The van der Waals surface area contributed by atoms with Gasteiger partial charge in [0.2, 0.25) is 0 Å². The molecule has 0 saturated carbocycles. The van der Waals surface area contributed by atoms with E-state index in [1.807, 2.05) is 48.5 Å². The molecule has 0 aliphatic heterocycles. The quantitative estimate of drug-likeness (QED) is 0.0902. The molecule has 16 aromatic rings. The molecule has 560 valence electrons. The summed E-state index contributed by atoms with van der Waals surface area (Å²) in [6.07, 6.45) is 0. The Labute approximate surface area is 715 Å². The zero-order chi connectivity index (χ0) is 78.7. The maximum atomic E-state index is 11.1. The zero-order valence-electron chi connectivity index (χ0n) is 59.5. The molecule has 24 nitrogen and oxygen atoms in total. The summed E-state index contributed by atoms with van der Waals surface area (Å²) in [7, 11) is 0. The number of nitrogens with zero attached hydrogens (tertiary/aromatic N) is 8. The van der Waals surface area contributed by atoms with E-state index in [4.69, 9.17) is 0 Å². The van der Waals surface area contributed by atoms with Crippen LogP contribution in [-0.2, 0) is 84.3 Å². The number of fused-ring (bicyclic) bond motifs is 4. The Morgan fingerprint density at radius 3 is 0.379 bits per heavy atom. The number of carboxylic acid groups (broad SMARTS) is 8. The summed E-state index contributed by atoms with van der Waals surface area (Å²) in [4.78, 5) is 125. The van der Waals surface area contributed by atoms with Gasteiger partial charge < -0.3 is 79.2 Å². The van der Waals surface area contributed by atoms with E-state index in [-0.39, 0.29) is 129 Å². The number of aromatic nitrogens is 8. The Morgan fingerprint density at radius 1 is 0.164 bits per heavy atom. The van der Waals surface area contributed by atoms with E-state index < -0.39 is 47.8 Å². The van der Waals surface area contributed by atoms with Crippen LogP contribution in [0.3, 0.4) is 0 Å². The predicted molar refractivity (Wildman–Crippen MR) is 396 cm³/mol. The first-order valence-electron chi connectivity index (χ1n) is 33.7. The predicted octanol–water partition coefficient (Wildman–Crippen LogP) is 6.75. The second-order valence-corrected chi connectivity index (χ2v) is 24.7. The molecule has 0 saturated heterocycles. The molecule has 0 fully saturated rings. The number of pyridine rings is 8. The van der Waals surface area contributed by atoms with E-state index in [0.29, 0.717) is 113 Å². The number of carbonyl (C=O) groups excluding carboxylic acids is 8. The van der Waals surface area contributed by atoms with E-state index in [1.165, 1.54) is 97.1 Å². The van der Waals surface area contributed by atoms with Crippen LogP contribution in [0.15, 0.2) is 291 Å². The second kappa shape index (κ2) is 38.8. The van der Waals surface area contributed by atoms with Gasteiger partial charge in [-0.1, -0.05) is 146 Å². The van der Waals surface area contributed by atoms with Gasteiger partial charge in [-0.25, -0.2) is 39.9 Å². The third-order valence-corrected chi connectivity index (χ3v) is 17.4. The van der Waals surface area contributed by atoms with Crippen LogP contribution in [0.25, 0.3) is 134 Å². The zero-order valence-corrected chi connectivity index (χ0v) is 67.5. The molecule has 0 N–H and O–H groups in total. The molecule has 0 aliphatic carbocycles. The smallest absolute Gasteiger partial charge is 0.545 e. The van der Waals surface area contributed by atoms with Crippen molar-refractivity contribution in [3.05, 3.63) is 336 Å². The van der Waals surface area contributed by atoms with Crippen molar-refractivity contribution in [3.63, 3.8) is 0 Å². The van der Waals surface area contributed by atoms with Crippen LogP contribution in [0, 0.1) is 0 Å². The van der Waals surface area contributed by atoms with E-state index in [9.17, 15) is 79.2 Å². The molecule has 116 heavy (non-hydrogen) atoms. The van der Waals surface area contributed by atoms with Crippen molar-refractivity contribution in [2.45, 2.75) is 0 Å². The summed E-state index contributed by atoms with van der Waals surface area (Å²) in [6.45, 7) is 0. The van der Waals surface area contributed by atoms with Gasteiger partial charge in [0.05, 0.1) is 93.3 Å². The van der Waals surface area contributed by atoms with Crippen LogP contribution < -0.4 is 40.9 Å². The molecule has 16 rings (SSSR count). The minimum atomic E-state index is -1.25. The first kappa shape index (κ1) is 86.5. The molecule has 0 bridgehead atoms. The summed E-state index contributed by atoms with van der Waals surface area (Å²) >= 11 is 0. The van der Waals surface area contributed by atoms with Crippen LogP contribution >= 0.6 is 0 Å². The third-order valence-electron chi connectivity index (χ3n) is 17.4. The normalized spacial score (nSPS) is 10.3. The van der Waals surface area contributed by atoms with Crippen molar-refractivity contribution in [1.82, 2.24) is 39.9 Å². The summed E-state index contributed by atoms with van der Waals surface area (Å²) in [5.74, 6) is -10.0. The van der Waals surface area contributed by atoms with Gasteiger partial charge in [0.15, 0.2) is 22.6 Å². The van der Waals surface area contributed by atoms with Crippen LogP contribution in [0.2, 0.25) is 0 Å². The van der Waals surface area contributed by atoms with Crippen molar-refractivity contribution in [3.8, 4) is 90.1 Å². The van der Waals surface area contributed by atoms with Gasteiger partial charge in [-0.3, -0.25) is 0 Å². The Kier molecular flexibility index (Phi) is 29.0. The average Bonchev–Trinajstić information content (AvgIpc) is 0.810. The summed E-state index contributed by atoms with van der Waals surface area (Å²) < 4.78 is 0. The van der Waals surface area contributed by atoms with Crippen molar-refractivity contribution in [2.75, 3.05) is 0 Å². The summed E-state index contributed by atoms with van der Waals surface area (Å²) in [6, 6.07) is 79.8. The Hall–Kier alpha value is -13.5. The van der Waals surface area contributed by atoms with Gasteiger partial charge in [0.25, 0.3) is 0 Å². The van der Waals surface area contributed by atoms with Gasteiger partial charge in [-0.15, -0.1) is 0 Å². The Morgan fingerprint density at radius 2 is 0.276 bits per heavy atom. The van der Waals surface area contributed by atoms with Gasteiger partial charge in [0.1, 0.15) is 0 Å². The number of rotatable bonds is 16. The molecule has 28 heteroatoms. The van der Waals surface area contributed by atoms with Crippen LogP contribution in [0.1, 0.15) is 82.9 Å². The molecule has 8 aromatic heterocycles. The average molecular weight is 1860 g/mol. The fourth-order valence-electron chi connectivity index (χ4n) is 11.7. The van der Waals surface area contributed by atoms with Gasteiger partial charge in [-0.05, 0) is 190 Å². The van der Waals surface area contributed by atoms with E-state index >= 15 is 0 Å². The van der Waals surface area contributed by atoms with Gasteiger partial charge in [0, 0.05) is 66.1 Å². The second-order valence-electron chi connectivity index (χ2n) is 24.7. The molecular formula is C88H48Mo4N8O16. The Balaban J connectivity index is 0.000000175. The number of carboxylic acids is 8. The topological polar surface area (TPSA) is 424 Å². The standard InChI is InChI=1S/4C22H14N2O4.4Mo/c4*25-21(26)16-5-1-3-14(11-16)18-9-7-13-8-10-19(24-20(13)23-18)15-4-2-6-17(12-15)22(27)28;;;;/h4*1-12H,(H,25,26)(H,27,28);;;;/q;;;;4*+2/p-8. The monoisotopic (exact) mass is 1860 g/mol. The number of hydrogen-bond acceptors (Lipinski definition) is 24. The van der Waals surface area contributed by atoms with Crippen molar-refractivity contribution < 1.29 is 163 Å². The van der Waals surface area contributed by atoms with E-state index in [1.54, 1.807) is 146 Å². The van der Waals surface area contributed by atoms with Gasteiger partial charge >= 0.3 is 84.3 Å². The fraction of sp³-hybridized carbons (Fsp3) is 0. The van der Waals surface area contributed by atoms with Crippen LogP contribution in [0.4, 0.5) is 0 Å². The van der Waals surface area contributed by atoms with Crippen LogP contribution in [-0.4, -0.2) is 87.6 Å². The molecule has 0 radical (unpaired) electrons. The minimum Gasteiger partial charge on any atom is -0.545 e. The summed E-state index contributed by atoms with van der Waals surface area (Å²) in [5, 5.41) is 91.9. The minimum absolute atomic E-state index is 0. The van der Waals surface area contributed by atoms with Crippen molar-refractivity contribution in [1.29, 1.82) is 0 Å². The molecule has 0 amide bonds. The largest absolute Gasteiger partial charge is 2.00 e. The fourth-order valence-corrected chi connectivity index (χ4v) is 11.7. The van der Waals surface area contributed by atoms with Crippen molar-refractivity contribution in [2.24, 2.45) is 0 Å². The molecular weight excluding hydrogens is 1810 g/mol. The molecule has 0 aliphatic rings. The molecule has 8 aromatic carbocycles. The van der Waals surface area contributed by atoms with Crippen molar-refractivity contribution >= 4 is 91.9 Å². The summed E-state index contributed by atoms with van der Waals surface area (Å²) in [5.41, 5.74) is 12.1. The number of carbonyl (C=O) groups is 8. The molecule has 0 unspecified atom stereocenters. The molecule has 0 atom stereocenters. The van der Waals surface area contributed by atoms with E-state index in [2.05, 4.69) is 39.9 Å².